The van der Waals surface area contributed by atoms with Gasteiger partial charge in [0.25, 0.3) is 5.91 Å². The molecule has 1 saturated heterocycles. The molecule has 1 fully saturated rings. The molecule has 2 aromatic rings. The average Bonchev–Trinajstić information content (AvgIpc) is 2.55. The normalized spacial score (nSPS) is 15.1. The molecular formula is C18H20ClFN2O. The molecule has 0 atom stereocenters. The van der Waals surface area contributed by atoms with E-state index in [-0.39, 0.29) is 24.1 Å². The number of carbonyl (C=O) groups excluding carboxylic acids is 1. The van der Waals surface area contributed by atoms with Gasteiger partial charge in [0.05, 0.1) is 26.2 Å². The van der Waals surface area contributed by atoms with E-state index in [0.29, 0.717) is 18.8 Å². The van der Waals surface area contributed by atoms with E-state index in [9.17, 15) is 9.18 Å². The van der Waals surface area contributed by atoms with Crippen molar-refractivity contribution in [2.45, 2.75) is 6.92 Å². The van der Waals surface area contributed by atoms with Gasteiger partial charge in [0, 0.05) is 11.6 Å². The van der Waals surface area contributed by atoms with Crippen molar-refractivity contribution in [1.29, 1.82) is 0 Å². The SMILES string of the molecule is Cc1cccc(C(=O)N2CC[NH+](c3ccccc3F)CC2)c1.[Cl-]. The Morgan fingerprint density at radius 3 is 2.43 bits per heavy atom. The van der Waals surface area contributed by atoms with Gasteiger partial charge < -0.3 is 17.3 Å². The van der Waals surface area contributed by atoms with Crippen LogP contribution in [0.3, 0.4) is 0 Å². The molecule has 5 heteroatoms. The molecule has 1 amide bonds. The first-order valence-electron chi connectivity index (χ1n) is 7.60. The molecule has 0 bridgehead atoms. The smallest absolute Gasteiger partial charge is 0.254 e. The topological polar surface area (TPSA) is 24.8 Å². The Bertz CT molecular complexity index is 684. The van der Waals surface area contributed by atoms with Crippen LogP contribution in [-0.2, 0) is 0 Å². The van der Waals surface area contributed by atoms with E-state index in [1.165, 1.54) is 6.07 Å². The summed E-state index contributed by atoms with van der Waals surface area (Å²) in [5.74, 6) is -0.104. The highest BCUT2D eigenvalue weighted by atomic mass is 35.5. The fourth-order valence-electron chi connectivity index (χ4n) is 2.96. The molecule has 1 N–H and O–H groups in total. The second-order valence-electron chi connectivity index (χ2n) is 5.75. The highest BCUT2D eigenvalue weighted by Gasteiger charge is 2.27. The summed E-state index contributed by atoms with van der Waals surface area (Å²) in [4.78, 5) is 15.5. The Labute approximate surface area is 142 Å². The van der Waals surface area contributed by atoms with Gasteiger partial charge in [-0.25, -0.2) is 4.39 Å². The molecule has 1 heterocycles. The predicted molar refractivity (Wildman–Crippen MR) is 83.8 cm³/mol. The van der Waals surface area contributed by atoms with Crippen LogP contribution < -0.4 is 17.3 Å². The summed E-state index contributed by atoms with van der Waals surface area (Å²) in [6, 6.07) is 14.5. The molecule has 122 valence electrons. The van der Waals surface area contributed by atoms with Crippen LogP contribution in [0.4, 0.5) is 10.1 Å². The van der Waals surface area contributed by atoms with E-state index < -0.39 is 0 Å². The maximum atomic E-state index is 13.8. The highest BCUT2D eigenvalue weighted by Crippen LogP contribution is 2.10. The molecule has 2 aromatic carbocycles. The summed E-state index contributed by atoms with van der Waals surface area (Å²) in [6.07, 6.45) is 0. The Balaban J connectivity index is 0.00000192. The zero-order valence-corrected chi connectivity index (χ0v) is 13.8. The minimum atomic E-state index is -0.170. The van der Waals surface area contributed by atoms with Gasteiger partial charge in [-0.3, -0.25) is 9.69 Å². The van der Waals surface area contributed by atoms with Gasteiger partial charge in [-0.05, 0) is 25.1 Å². The Kier molecular flexibility index (Phi) is 5.74. The average molecular weight is 335 g/mol. The Morgan fingerprint density at radius 1 is 1.09 bits per heavy atom. The molecule has 0 spiro atoms. The predicted octanol–water partition coefficient (Wildman–Crippen LogP) is -1.19. The molecule has 0 unspecified atom stereocenters. The lowest BCUT2D eigenvalue weighted by molar-refractivity contribution is -0.838. The number of para-hydroxylation sites is 1. The molecular weight excluding hydrogens is 315 g/mol. The molecule has 1 aliphatic rings. The number of halogens is 2. The van der Waals surface area contributed by atoms with Crippen molar-refractivity contribution < 1.29 is 26.5 Å². The van der Waals surface area contributed by atoms with Crippen molar-refractivity contribution in [2.75, 3.05) is 26.2 Å². The minimum absolute atomic E-state index is 0. The van der Waals surface area contributed by atoms with Crippen molar-refractivity contribution in [3.63, 3.8) is 0 Å². The number of benzene rings is 2. The van der Waals surface area contributed by atoms with Gasteiger partial charge in [-0.2, -0.15) is 0 Å². The highest BCUT2D eigenvalue weighted by molar-refractivity contribution is 5.94. The van der Waals surface area contributed by atoms with Crippen LogP contribution in [0, 0.1) is 12.7 Å². The lowest BCUT2D eigenvalue weighted by Gasteiger charge is -2.32. The van der Waals surface area contributed by atoms with Gasteiger partial charge in [0.15, 0.2) is 11.5 Å². The lowest BCUT2D eigenvalue weighted by atomic mass is 10.1. The summed E-state index contributed by atoms with van der Waals surface area (Å²) in [5, 5.41) is 0. The number of hydrogen-bond donors (Lipinski definition) is 1. The van der Waals surface area contributed by atoms with Gasteiger partial charge in [0.2, 0.25) is 0 Å². The molecule has 3 nitrogen and oxygen atoms in total. The monoisotopic (exact) mass is 334 g/mol. The molecule has 3 rings (SSSR count). The number of nitrogens with zero attached hydrogens (tertiary/aromatic N) is 1. The van der Waals surface area contributed by atoms with Crippen molar-refractivity contribution in [3.05, 3.63) is 65.5 Å². The van der Waals surface area contributed by atoms with Gasteiger partial charge in [0.1, 0.15) is 0 Å². The van der Waals surface area contributed by atoms with E-state index in [1.54, 1.807) is 6.07 Å². The minimum Gasteiger partial charge on any atom is -1.00 e. The second-order valence-corrected chi connectivity index (χ2v) is 5.75. The van der Waals surface area contributed by atoms with Crippen molar-refractivity contribution in [2.24, 2.45) is 0 Å². The van der Waals surface area contributed by atoms with Crippen LogP contribution in [0.15, 0.2) is 48.5 Å². The summed E-state index contributed by atoms with van der Waals surface area (Å²) in [6.45, 7) is 4.75. The van der Waals surface area contributed by atoms with Crippen molar-refractivity contribution in [3.8, 4) is 0 Å². The number of quaternary nitrogens is 1. The van der Waals surface area contributed by atoms with Crippen LogP contribution in [0.5, 0.6) is 0 Å². The fourth-order valence-corrected chi connectivity index (χ4v) is 2.96. The van der Waals surface area contributed by atoms with Crippen LogP contribution >= 0.6 is 0 Å². The third-order valence-corrected chi connectivity index (χ3v) is 4.17. The van der Waals surface area contributed by atoms with E-state index >= 15 is 0 Å². The Hall–Kier alpha value is -1.91. The fraction of sp³-hybridized carbons (Fsp3) is 0.278. The van der Waals surface area contributed by atoms with Crippen LogP contribution in [0.1, 0.15) is 15.9 Å². The maximum absolute atomic E-state index is 13.8. The summed E-state index contributed by atoms with van der Waals surface area (Å²) >= 11 is 0. The van der Waals surface area contributed by atoms with Crippen LogP contribution in [0.2, 0.25) is 0 Å². The summed E-state index contributed by atoms with van der Waals surface area (Å²) < 4.78 is 13.8. The maximum Gasteiger partial charge on any atom is 0.254 e. The second kappa shape index (κ2) is 7.57. The lowest BCUT2D eigenvalue weighted by Crippen LogP contribution is -3.10. The zero-order valence-electron chi connectivity index (χ0n) is 13.1. The third kappa shape index (κ3) is 3.89. The summed E-state index contributed by atoms with van der Waals surface area (Å²) in [5.41, 5.74) is 2.51. The standard InChI is InChI=1S/C18H19FN2O.ClH/c1-14-5-4-6-15(13-14)18(22)21-11-9-20(10-12-21)17-8-3-2-7-16(17)19;/h2-8,13H,9-12H2,1H3;1H. The Morgan fingerprint density at radius 2 is 1.78 bits per heavy atom. The van der Waals surface area contributed by atoms with Gasteiger partial charge >= 0.3 is 0 Å². The number of rotatable bonds is 2. The van der Waals surface area contributed by atoms with Crippen molar-refractivity contribution >= 4 is 11.6 Å². The van der Waals surface area contributed by atoms with Crippen molar-refractivity contribution in [1.82, 2.24) is 4.90 Å². The molecule has 1 aliphatic heterocycles. The third-order valence-electron chi connectivity index (χ3n) is 4.17. The van der Waals surface area contributed by atoms with E-state index in [2.05, 4.69) is 0 Å². The quantitative estimate of drug-likeness (QED) is 0.734. The van der Waals surface area contributed by atoms with Crippen LogP contribution in [-0.4, -0.2) is 37.0 Å². The number of amides is 1. The number of piperazine rings is 1. The molecule has 0 aliphatic carbocycles. The zero-order chi connectivity index (χ0) is 15.5. The van der Waals surface area contributed by atoms with Gasteiger partial charge in [-0.1, -0.05) is 29.8 Å². The van der Waals surface area contributed by atoms with E-state index in [0.717, 1.165) is 29.1 Å². The first-order chi connectivity index (χ1) is 10.6. The summed E-state index contributed by atoms with van der Waals surface area (Å²) in [7, 11) is 0. The first-order valence-corrected chi connectivity index (χ1v) is 7.60. The number of carbonyl (C=O) groups is 1. The molecule has 23 heavy (non-hydrogen) atoms. The number of aryl methyl sites for hydroxylation is 1. The van der Waals surface area contributed by atoms with Crippen LogP contribution in [0.25, 0.3) is 0 Å². The van der Waals surface area contributed by atoms with Gasteiger partial charge in [-0.15, -0.1) is 0 Å². The number of nitrogens with one attached hydrogen (secondary N) is 1. The molecule has 0 saturated carbocycles. The molecule has 0 radical (unpaired) electrons. The molecule has 0 aromatic heterocycles. The van der Waals surface area contributed by atoms with E-state index in [1.807, 2.05) is 48.2 Å². The largest absolute Gasteiger partial charge is 1.00 e. The number of hydrogen-bond acceptors (Lipinski definition) is 1. The first kappa shape index (κ1) is 17.4. The van der Waals surface area contributed by atoms with E-state index in [4.69, 9.17) is 0 Å².